The minimum atomic E-state index is -0.247. The molecule has 26 heavy (non-hydrogen) atoms. The molecule has 0 radical (unpaired) electrons. The van der Waals surface area contributed by atoms with E-state index in [-0.39, 0.29) is 23.4 Å². The zero-order valence-electron chi connectivity index (χ0n) is 17.4. The molecule has 1 amide bonds. The molecule has 0 unspecified atom stereocenters. The predicted molar refractivity (Wildman–Crippen MR) is 108 cm³/mol. The molecule has 1 aromatic carbocycles. The van der Waals surface area contributed by atoms with Crippen LogP contribution in [0.1, 0.15) is 40.2 Å². The quantitative estimate of drug-likeness (QED) is 0.602. The Morgan fingerprint density at radius 3 is 2.42 bits per heavy atom. The maximum Gasteiger partial charge on any atom is 0.240 e. The average molecular weight is 363 g/mol. The number of hydrogen-bond acceptors (Lipinski definition) is 3. The third kappa shape index (κ3) is 6.94. The molecule has 0 saturated heterocycles. The summed E-state index contributed by atoms with van der Waals surface area (Å²) in [6.07, 6.45) is 0. The largest absolute Gasteiger partial charge is 0.497 e. The molecule has 2 N–H and O–H groups in total. The van der Waals surface area contributed by atoms with Gasteiger partial charge in [0.1, 0.15) is 5.75 Å². The number of aliphatic imine (C=N–C) groups is 1. The van der Waals surface area contributed by atoms with Crippen molar-refractivity contribution in [2.45, 2.75) is 45.6 Å². The number of methoxy groups -OCH3 is 1. The molecule has 146 valence electrons. The first-order valence-electron chi connectivity index (χ1n) is 8.86. The van der Waals surface area contributed by atoms with Gasteiger partial charge in [0.05, 0.1) is 13.7 Å². The number of carbonyl (C=O) groups is 1. The van der Waals surface area contributed by atoms with Crippen LogP contribution >= 0.6 is 0 Å². The number of amides is 1. The molecule has 0 aliphatic carbocycles. The van der Waals surface area contributed by atoms with Gasteiger partial charge in [-0.1, -0.05) is 26.0 Å². The Balaban J connectivity index is 2.71. The Labute approximate surface area is 158 Å². The van der Waals surface area contributed by atoms with Crippen molar-refractivity contribution >= 4 is 11.9 Å². The molecule has 1 aromatic rings. The Bertz CT molecular complexity index is 633. The molecule has 0 atom stereocenters. The third-order valence-corrected chi connectivity index (χ3v) is 4.01. The molecule has 0 spiro atoms. The maximum absolute atomic E-state index is 12.1. The van der Waals surface area contributed by atoms with Crippen molar-refractivity contribution in [3.63, 3.8) is 0 Å². The fraction of sp³-hybridized carbons (Fsp3) is 0.600. The second-order valence-corrected chi connectivity index (χ2v) is 8.17. The number of carbonyl (C=O) groups excluding carboxylic acids is 1. The highest BCUT2D eigenvalue weighted by Crippen LogP contribution is 2.25. The van der Waals surface area contributed by atoms with Crippen molar-refractivity contribution in [2.75, 3.05) is 34.3 Å². The van der Waals surface area contributed by atoms with Crippen molar-refractivity contribution in [3.8, 4) is 5.75 Å². The van der Waals surface area contributed by atoms with Crippen LogP contribution in [0, 0.1) is 0 Å². The Morgan fingerprint density at radius 1 is 1.23 bits per heavy atom. The van der Waals surface area contributed by atoms with E-state index in [9.17, 15) is 4.79 Å². The summed E-state index contributed by atoms with van der Waals surface area (Å²) < 4.78 is 5.32. The number of ether oxygens (including phenoxy) is 1. The van der Waals surface area contributed by atoms with Gasteiger partial charge in [0.25, 0.3) is 0 Å². The summed E-state index contributed by atoms with van der Waals surface area (Å²) in [5.74, 6) is 1.50. The maximum atomic E-state index is 12.1. The van der Waals surface area contributed by atoms with Gasteiger partial charge < -0.3 is 20.3 Å². The second-order valence-electron chi connectivity index (χ2n) is 8.17. The van der Waals surface area contributed by atoms with Crippen LogP contribution in [0.4, 0.5) is 0 Å². The first-order chi connectivity index (χ1) is 12.0. The van der Waals surface area contributed by atoms with Crippen molar-refractivity contribution < 1.29 is 9.53 Å². The van der Waals surface area contributed by atoms with Crippen LogP contribution in [0.25, 0.3) is 0 Å². The van der Waals surface area contributed by atoms with E-state index in [1.807, 2.05) is 50.9 Å². The Morgan fingerprint density at radius 2 is 1.88 bits per heavy atom. The average Bonchev–Trinajstić information content (AvgIpc) is 2.53. The van der Waals surface area contributed by atoms with Crippen LogP contribution in [0.15, 0.2) is 29.3 Å². The van der Waals surface area contributed by atoms with Crippen LogP contribution in [-0.4, -0.2) is 56.6 Å². The van der Waals surface area contributed by atoms with Gasteiger partial charge in [0, 0.05) is 31.6 Å². The number of guanidine groups is 1. The number of nitrogens with zero attached hydrogens (tertiary/aromatic N) is 2. The Hall–Kier alpha value is -2.24. The van der Waals surface area contributed by atoms with Gasteiger partial charge in [-0.25, -0.2) is 0 Å². The molecule has 0 fully saturated rings. The van der Waals surface area contributed by atoms with Crippen molar-refractivity contribution in [1.29, 1.82) is 0 Å². The van der Waals surface area contributed by atoms with E-state index in [1.54, 1.807) is 14.2 Å². The molecule has 0 aliphatic heterocycles. The lowest BCUT2D eigenvalue weighted by Crippen LogP contribution is -2.50. The van der Waals surface area contributed by atoms with Gasteiger partial charge in [-0.2, -0.15) is 0 Å². The topological polar surface area (TPSA) is 66.0 Å². The number of rotatable bonds is 6. The zero-order valence-corrected chi connectivity index (χ0v) is 17.4. The first kappa shape index (κ1) is 21.8. The molecule has 0 saturated carbocycles. The lowest BCUT2D eigenvalue weighted by Gasteiger charge is -2.30. The number of nitrogens with one attached hydrogen (secondary N) is 2. The van der Waals surface area contributed by atoms with Crippen LogP contribution in [0.3, 0.4) is 0 Å². The van der Waals surface area contributed by atoms with E-state index >= 15 is 0 Å². The van der Waals surface area contributed by atoms with Gasteiger partial charge in [-0.05, 0) is 38.5 Å². The third-order valence-electron chi connectivity index (χ3n) is 4.01. The lowest BCUT2D eigenvalue weighted by molar-refractivity contribution is -0.122. The zero-order chi connectivity index (χ0) is 20.0. The van der Waals surface area contributed by atoms with Gasteiger partial charge in [0.2, 0.25) is 5.91 Å². The lowest BCUT2D eigenvalue weighted by atomic mass is 9.84. The smallest absolute Gasteiger partial charge is 0.240 e. The van der Waals surface area contributed by atoms with E-state index in [2.05, 4.69) is 35.5 Å². The Kier molecular flexibility index (Phi) is 7.48. The summed E-state index contributed by atoms with van der Waals surface area (Å²) >= 11 is 0. The molecule has 0 aromatic heterocycles. The second kappa shape index (κ2) is 8.92. The van der Waals surface area contributed by atoms with E-state index in [1.165, 1.54) is 5.56 Å². The summed E-state index contributed by atoms with van der Waals surface area (Å²) in [4.78, 5) is 18.3. The monoisotopic (exact) mass is 362 g/mol. The first-order valence-corrected chi connectivity index (χ1v) is 8.86. The summed E-state index contributed by atoms with van der Waals surface area (Å²) in [6.45, 7) is 11.1. The van der Waals surface area contributed by atoms with Crippen LogP contribution in [0.2, 0.25) is 0 Å². The fourth-order valence-corrected chi connectivity index (χ4v) is 2.58. The van der Waals surface area contributed by atoms with E-state index in [4.69, 9.17) is 4.74 Å². The SMILES string of the molecule is CN=C(NCC(C)(C)c1cccc(OC)c1)N(C)CC(=O)NC(C)(C)C. The van der Waals surface area contributed by atoms with Crippen molar-refractivity contribution in [1.82, 2.24) is 15.5 Å². The minimum Gasteiger partial charge on any atom is -0.497 e. The normalized spacial score (nSPS) is 12.5. The van der Waals surface area contributed by atoms with Gasteiger partial charge in [-0.3, -0.25) is 9.79 Å². The highest BCUT2D eigenvalue weighted by atomic mass is 16.5. The molecular formula is C20H34N4O2. The van der Waals surface area contributed by atoms with Gasteiger partial charge >= 0.3 is 0 Å². The van der Waals surface area contributed by atoms with E-state index < -0.39 is 0 Å². The number of benzene rings is 1. The standard InChI is InChI=1S/C20H34N4O2/c1-19(2,3)23-17(25)13-24(7)18(21-6)22-14-20(4,5)15-10-9-11-16(12-15)26-8/h9-12H,13-14H2,1-8H3,(H,21,22)(H,23,25). The molecule has 1 rings (SSSR count). The highest BCUT2D eigenvalue weighted by molar-refractivity contribution is 5.86. The molecule has 0 bridgehead atoms. The summed E-state index contributed by atoms with van der Waals surface area (Å²) in [5.41, 5.74) is 0.801. The van der Waals surface area contributed by atoms with E-state index in [0.717, 1.165) is 5.75 Å². The number of hydrogen-bond donors (Lipinski definition) is 2. The predicted octanol–water partition coefficient (Wildman–Crippen LogP) is 2.39. The summed E-state index contributed by atoms with van der Waals surface area (Å²) in [7, 11) is 5.25. The molecule has 0 aliphatic rings. The molecule has 6 heteroatoms. The highest BCUT2D eigenvalue weighted by Gasteiger charge is 2.23. The molecule has 6 nitrogen and oxygen atoms in total. The van der Waals surface area contributed by atoms with Crippen molar-refractivity contribution in [3.05, 3.63) is 29.8 Å². The summed E-state index contributed by atoms with van der Waals surface area (Å²) in [5, 5.41) is 6.33. The van der Waals surface area contributed by atoms with Gasteiger partial charge in [0.15, 0.2) is 5.96 Å². The van der Waals surface area contributed by atoms with Crippen LogP contribution in [-0.2, 0) is 10.2 Å². The molecule has 0 heterocycles. The number of likely N-dealkylation sites (N-methyl/N-ethyl adjacent to an activating group) is 1. The van der Waals surface area contributed by atoms with E-state index in [0.29, 0.717) is 12.5 Å². The fourth-order valence-electron chi connectivity index (χ4n) is 2.58. The van der Waals surface area contributed by atoms with Crippen molar-refractivity contribution in [2.24, 2.45) is 4.99 Å². The minimum absolute atomic E-state index is 0.0324. The molecular weight excluding hydrogens is 328 g/mol. The van der Waals surface area contributed by atoms with Gasteiger partial charge in [-0.15, -0.1) is 0 Å². The van der Waals surface area contributed by atoms with Crippen LogP contribution in [0.5, 0.6) is 5.75 Å². The van der Waals surface area contributed by atoms with Crippen LogP contribution < -0.4 is 15.4 Å². The summed E-state index contributed by atoms with van der Waals surface area (Å²) in [6, 6.07) is 8.07.